The van der Waals surface area contributed by atoms with E-state index in [-0.39, 0.29) is 35.9 Å². The van der Waals surface area contributed by atoms with E-state index in [1.54, 1.807) is 30.1 Å². The lowest BCUT2D eigenvalue weighted by molar-refractivity contribution is 0.0200. The third-order valence-corrected chi connectivity index (χ3v) is 8.15. The minimum absolute atomic E-state index is 0.0259. The van der Waals surface area contributed by atoms with Crippen molar-refractivity contribution in [3.8, 4) is 11.8 Å². The van der Waals surface area contributed by atoms with Crippen molar-refractivity contribution in [2.24, 2.45) is 0 Å². The number of ether oxygens (including phenoxy) is 2. The molecule has 220 valence electrons. The van der Waals surface area contributed by atoms with Crippen LogP contribution in [0.2, 0.25) is 5.02 Å². The standard InChI is InChI=1S/C30H39ClN6O4/c1-19-25(12-6-20(18-32)27(19)31)40-23-9-7-21(8-10-23)33-28(38)24-11-13-26(35-34-24)37-16-14-22(15-17-37)36(5)29(39)41-30(2,3)4/h6,11-13,21-23H,7-10,14-17H2,1-5H3,(H,33,38). The van der Waals surface area contributed by atoms with E-state index >= 15 is 0 Å². The van der Waals surface area contributed by atoms with Crippen LogP contribution in [-0.2, 0) is 4.74 Å². The monoisotopic (exact) mass is 582 g/mol. The van der Waals surface area contributed by atoms with Crippen LogP contribution in [-0.4, -0.2) is 71.0 Å². The van der Waals surface area contributed by atoms with Crippen LogP contribution < -0.4 is 15.0 Å². The van der Waals surface area contributed by atoms with E-state index in [2.05, 4.69) is 26.5 Å². The van der Waals surface area contributed by atoms with Crippen LogP contribution in [0.1, 0.15) is 80.9 Å². The van der Waals surface area contributed by atoms with E-state index in [9.17, 15) is 9.59 Å². The molecule has 11 heteroatoms. The lowest BCUT2D eigenvalue weighted by Crippen LogP contribution is -2.47. The SMILES string of the molecule is Cc1c(OC2CCC(NC(=O)c3ccc(N4CCC(N(C)C(=O)OC(C)(C)C)CC4)nn3)CC2)ccc(C#N)c1Cl. The van der Waals surface area contributed by atoms with Crippen molar-refractivity contribution in [1.29, 1.82) is 5.26 Å². The molecule has 0 atom stereocenters. The quantitative estimate of drug-likeness (QED) is 0.489. The number of nitrogens with one attached hydrogen (secondary N) is 1. The molecule has 2 heterocycles. The van der Waals surface area contributed by atoms with Crippen molar-refractivity contribution in [3.05, 3.63) is 46.1 Å². The molecule has 10 nitrogen and oxygen atoms in total. The molecule has 2 amide bonds. The van der Waals surface area contributed by atoms with Gasteiger partial charge in [-0.15, -0.1) is 10.2 Å². The van der Waals surface area contributed by atoms with Gasteiger partial charge in [-0.25, -0.2) is 4.79 Å². The topological polar surface area (TPSA) is 121 Å². The van der Waals surface area contributed by atoms with E-state index in [4.69, 9.17) is 26.3 Å². The van der Waals surface area contributed by atoms with Crippen molar-refractivity contribution < 1.29 is 19.1 Å². The molecule has 41 heavy (non-hydrogen) atoms. The predicted octanol–water partition coefficient (Wildman–Crippen LogP) is 5.27. The molecule has 1 aromatic carbocycles. The number of hydrogen-bond donors (Lipinski definition) is 1. The Morgan fingerprint density at radius 2 is 1.76 bits per heavy atom. The lowest BCUT2D eigenvalue weighted by Gasteiger charge is -2.37. The summed E-state index contributed by atoms with van der Waals surface area (Å²) in [5.41, 5.74) is 0.965. The summed E-state index contributed by atoms with van der Waals surface area (Å²) in [6.07, 6.45) is 4.48. The fraction of sp³-hybridized carbons (Fsp3) is 0.567. The number of aromatic nitrogens is 2. The number of nitrogens with zero attached hydrogens (tertiary/aromatic N) is 5. The number of rotatable bonds is 6. The summed E-state index contributed by atoms with van der Waals surface area (Å²) in [5, 5.41) is 21.2. The fourth-order valence-corrected chi connectivity index (χ4v) is 5.42. The van der Waals surface area contributed by atoms with Gasteiger partial charge in [0.15, 0.2) is 11.5 Å². The van der Waals surface area contributed by atoms with Crippen molar-refractivity contribution in [3.63, 3.8) is 0 Å². The second kappa shape index (κ2) is 12.9. The Kier molecular flexibility index (Phi) is 9.59. The molecule has 1 aromatic heterocycles. The Labute approximate surface area is 246 Å². The molecule has 1 saturated carbocycles. The minimum atomic E-state index is -0.523. The first-order valence-corrected chi connectivity index (χ1v) is 14.5. The highest BCUT2D eigenvalue weighted by atomic mass is 35.5. The third kappa shape index (κ3) is 7.79. The number of nitriles is 1. The summed E-state index contributed by atoms with van der Waals surface area (Å²) in [6, 6.07) is 9.23. The maximum atomic E-state index is 12.8. The molecule has 0 spiro atoms. The molecule has 0 unspecified atom stereocenters. The smallest absolute Gasteiger partial charge is 0.410 e. The number of amides is 2. The van der Waals surface area contributed by atoms with Crippen LogP contribution in [0.3, 0.4) is 0 Å². The molecular formula is C30H39ClN6O4. The highest BCUT2D eigenvalue weighted by Gasteiger charge is 2.29. The van der Waals surface area contributed by atoms with Gasteiger partial charge in [-0.1, -0.05) is 11.6 Å². The third-order valence-electron chi connectivity index (χ3n) is 7.66. The molecule has 1 aliphatic carbocycles. The maximum Gasteiger partial charge on any atom is 0.410 e. The van der Waals surface area contributed by atoms with Crippen molar-refractivity contribution in [2.75, 3.05) is 25.0 Å². The highest BCUT2D eigenvalue weighted by molar-refractivity contribution is 6.32. The van der Waals surface area contributed by atoms with Crippen molar-refractivity contribution in [1.82, 2.24) is 20.4 Å². The van der Waals surface area contributed by atoms with Crippen LogP contribution in [0.5, 0.6) is 5.75 Å². The summed E-state index contributed by atoms with van der Waals surface area (Å²) in [7, 11) is 1.79. The van der Waals surface area contributed by atoms with Crippen molar-refractivity contribution >= 4 is 29.4 Å². The zero-order valence-electron chi connectivity index (χ0n) is 24.4. The van der Waals surface area contributed by atoms with Gasteiger partial charge in [0.1, 0.15) is 17.4 Å². The van der Waals surface area contributed by atoms with E-state index in [0.29, 0.717) is 16.3 Å². The fourth-order valence-electron chi connectivity index (χ4n) is 5.23. The van der Waals surface area contributed by atoms with E-state index < -0.39 is 5.60 Å². The first-order chi connectivity index (χ1) is 19.4. The van der Waals surface area contributed by atoms with Crippen LogP contribution in [0.15, 0.2) is 24.3 Å². The zero-order valence-corrected chi connectivity index (χ0v) is 25.2. The summed E-state index contributed by atoms with van der Waals surface area (Å²) in [4.78, 5) is 29.1. The Morgan fingerprint density at radius 1 is 1.07 bits per heavy atom. The summed E-state index contributed by atoms with van der Waals surface area (Å²) >= 11 is 6.27. The molecule has 2 aliphatic rings. The van der Waals surface area contributed by atoms with Gasteiger partial charge in [0.05, 0.1) is 16.7 Å². The largest absolute Gasteiger partial charge is 0.490 e. The summed E-state index contributed by atoms with van der Waals surface area (Å²) in [5.74, 6) is 1.17. The maximum absolute atomic E-state index is 12.8. The molecule has 0 bridgehead atoms. The number of anilines is 1. The molecule has 4 rings (SSSR count). The van der Waals surface area contributed by atoms with Gasteiger partial charge in [-0.3, -0.25) is 4.79 Å². The molecule has 1 saturated heterocycles. The Balaban J connectivity index is 1.22. The Morgan fingerprint density at radius 3 is 2.34 bits per heavy atom. The average molecular weight is 583 g/mol. The first kappa shape index (κ1) is 30.4. The first-order valence-electron chi connectivity index (χ1n) is 14.2. The predicted molar refractivity (Wildman–Crippen MR) is 156 cm³/mol. The van der Waals surface area contributed by atoms with Gasteiger partial charge in [-0.05, 0) is 90.5 Å². The van der Waals surface area contributed by atoms with E-state index in [0.717, 1.165) is 63.0 Å². The van der Waals surface area contributed by atoms with Crippen LogP contribution in [0, 0.1) is 18.3 Å². The van der Waals surface area contributed by atoms with Gasteiger partial charge in [0, 0.05) is 37.8 Å². The summed E-state index contributed by atoms with van der Waals surface area (Å²) in [6.45, 7) is 8.91. The number of hydrogen-bond acceptors (Lipinski definition) is 8. The van der Waals surface area contributed by atoms with Crippen LogP contribution in [0.4, 0.5) is 10.6 Å². The Bertz CT molecular complexity index is 1270. The minimum Gasteiger partial charge on any atom is -0.490 e. The number of carbonyl (C=O) groups excluding carboxylic acids is 2. The second-order valence-corrected chi connectivity index (χ2v) is 12.2. The summed E-state index contributed by atoms with van der Waals surface area (Å²) < 4.78 is 11.7. The van der Waals surface area contributed by atoms with Crippen LogP contribution in [0.25, 0.3) is 0 Å². The average Bonchev–Trinajstić information content (AvgIpc) is 2.95. The number of benzene rings is 1. The van der Waals surface area contributed by atoms with Gasteiger partial charge >= 0.3 is 6.09 Å². The second-order valence-electron chi connectivity index (χ2n) is 11.8. The van der Waals surface area contributed by atoms with Gasteiger partial charge in [0.25, 0.3) is 5.91 Å². The molecule has 1 N–H and O–H groups in total. The van der Waals surface area contributed by atoms with E-state index in [1.165, 1.54) is 0 Å². The number of piperidine rings is 1. The van der Waals surface area contributed by atoms with Crippen molar-refractivity contribution in [2.45, 2.75) is 90.0 Å². The van der Waals surface area contributed by atoms with Gasteiger partial charge in [-0.2, -0.15) is 5.26 Å². The normalized spacial score (nSPS) is 19.7. The molecule has 2 fully saturated rings. The Hall–Kier alpha value is -3.58. The van der Waals surface area contributed by atoms with Crippen LogP contribution >= 0.6 is 11.6 Å². The number of halogens is 1. The number of carbonyl (C=O) groups is 2. The zero-order chi connectivity index (χ0) is 29.7. The highest BCUT2D eigenvalue weighted by Crippen LogP contribution is 2.32. The molecular weight excluding hydrogens is 544 g/mol. The molecule has 1 aliphatic heterocycles. The lowest BCUT2D eigenvalue weighted by atomic mass is 9.92. The van der Waals surface area contributed by atoms with Gasteiger partial charge in [0.2, 0.25) is 0 Å². The van der Waals surface area contributed by atoms with E-state index in [1.807, 2.05) is 33.8 Å². The van der Waals surface area contributed by atoms with Gasteiger partial charge < -0.3 is 24.6 Å². The molecule has 2 aromatic rings. The molecule has 0 radical (unpaired) electrons.